The Morgan fingerprint density at radius 3 is 2.53 bits per heavy atom. The van der Waals surface area contributed by atoms with Gasteiger partial charge in [-0.3, -0.25) is 4.79 Å². The normalized spacial score (nSPS) is 9.95. The topological polar surface area (TPSA) is 75.6 Å². The minimum Gasteiger partial charge on any atom is -0.508 e. The average molecular weight is 265 g/mol. The van der Waals surface area contributed by atoms with E-state index in [0.717, 1.165) is 19.3 Å². The SMILES string of the molecule is CCCCCNC(=O)COC(=O)c1ccc(O)cc1. The predicted molar refractivity (Wildman–Crippen MR) is 70.9 cm³/mol. The van der Waals surface area contributed by atoms with Crippen LogP contribution in [-0.2, 0) is 9.53 Å². The number of unbranched alkanes of at least 4 members (excludes halogenated alkanes) is 2. The number of hydrogen-bond donors (Lipinski definition) is 2. The van der Waals surface area contributed by atoms with Crippen LogP contribution in [0.3, 0.4) is 0 Å². The molecule has 1 aromatic carbocycles. The monoisotopic (exact) mass is 265 g/mol. The number of carbonyl (C=O) groups excluding carboxylic acids is 2. The van der Waals surface area contributed by atoms with Gasteiger partial charge >= 0.3 is 5.97 Å². The molecule has 1 rings (SSSR count). The molecule has 0 aliphatic heterocycles. The average Bonchev–Trinajstić information content (AvgIpc) is 2.42. The summed E-state index contributed by atoms with van der Waals surface area (Å²) in [6, 6.07) is 5.66. The van der Waals surface area contributed by atoms with E-state index in [-0.39, 0.29) is 18.3 Å². The molecular formula is C14H19NO4. The Morgan fingerprint density at radius 2 is 1.89 bits per heavy atom. The molecule has 0 spiro atoms. The standard InChI is InChI=1S/C14H19NO4/c1-2-3-4-9-15-13(17)10-19-14(18)11-5-7-12(16)8-6-11/h5-8,16H,2-4,9-10H2,1H3,(H,15,17). The van der Waals surface area contributed by atoms with Gasteiger partial charge in [-0.15, -0.1) is 0 Å². The van der Waals surface area contributed by atoms with Crippen molar-refractivity contribution in [2.24, 2.45) is 0 Å². The van der Waals surface area contributed by atoms with E-state index in [1.54, 1.807) is 0 Å². The summed E-state index contributed by atoms with van der Waals surface area (Å²) in [4.78, 5) is 22.9. The molecule has 5 nitrogen and oxygen atoms in total. The summed E-state index contributed by atoms with van der Waals surface area (Å²) in [5.74, 6) is -0.808. The van der Waals surface area contributed by atoms with Gasteiger partial charge in [-0.05, 0) is 30.7 Å². The lowest BCUT2D eigenvalue weighted by atomic mass is 10.2. The summed E-state index contributed by atoms with van der Waals surface area (Å²) in [7, 11) is 0. The summed E-state index contributed by atoms with van der Waals surface area (Å²) in [6.07, 6.45) is 3.08. The third-order valence-corrected chi connectivity index (χ3v) is 2.54. The highest BCUT2D eigenvalue weighted by Crippen LogP contribution is 2.10. The van der Waals surface area contributed by atoms with Crippen molar-refractivity contribution < 1.29 is 19.4 Å². The third kappa shape index (κ3) is 5.90. The number of carbonyl (C=O) groups is 2. The molecule has 0 aliphatic rings. The molecule has 19 heavy (non-hydrogen) atoms. The number of phenolic OH excluding ortho intramolecular Hbond substituents is 1. The van der Waals surface area contributed by atoms with Crippen molar-refractivity contribution in [3.8, 4) is 5.75 Å². The van der Waals surface area contributed by atoms with Crippen LogP contribution in [-0.4, -0.2) is 30.1 Å². The Kier molecular flexibility index (Phi) is 6.43. The van der Waals surface area contributed by atoms with Gasteiger partial charge in [-0.2, -0.15) is 0 Å². The first-order chi connectivity index (χ1) is 9.13. The van der Waals surface area contributed by atoms with Gasteiger partial charge in [0, 0.05) is 6.54 Å². The van der Waals surface area contributed by atoms with Crippen molar-refractivity contribution in [1.82, 2.24) is 5.32 Å². The van der Waals surface area contributed by atoms with Gasteiger partial charge in [0.25, 0.3) is 5.91 Å². The van der Waals surface area contributed by atoms with E-state index >= 15 is 0 Å². The van der Waals surface area contributed by atoms with Gasteiger partial charge in [-0.25, -0.2) is 4.79 Å². The third-order valence-electron chi connectivity index (χ3n) is 2.54. The van der Waals surface area contributed by atoms with E-state index < -0.39 is 5.97 Å². The highest BCUT2D eigenvalue weighted by Gasteiger charge is 2.09. The first kappa shape index (κ1) is 15.0. The molecule has 0 aliphatic carbocycles. The smallest absolute Gasteiger partial charge is 0.338 e. The van der Waals surface area contributed by atoms with Crippen LogP contribution in [0.5, 0.6) is 5.75 Å². The van der Waals surface area contributed by atoms with Gasteiger partial charge in [0.15, 0.2) is 6.61 Å². The molecule has 1 amide bonds. The molecule has 0 bridgehead atoms. The molecule has 0 unspecified atom stereocenters. The fourth-order valence-corrected chi connectivity index (χ4v) is 1.47. The van der Waals surface area contributed by atoms with Crippen molar-refractivity contribution in [3.05, 3.63) is 29.8 Å². The number of benzene rings is 1. The zero-order valence-electron chi connectivity index (χ0n) is 11.0. The van der Waals surface area contributed by atoms with Crippen LogP contribution in [0.15, 0.2) is 24.3 Å². The first-order valence-electron chi connectivity index (χ1n) is 6.36. The van der Waals surface area contributed by atoms with Crippen LogP contribution >= 0.6 is 0 Å². The van der Waals surface area contributed by atoms with Crippen molar-refractivity contribution in [3.63, 3.8) is 0 Å². The van der Waals surface area contributed by atoms with E-state index in [1.807, 2.05) is 0 Å². The summed E-state index contributed by atoms with van der Waals surface area (Å²) in [5, 5.41) is 11.8. The van der Waals surface area contributed by atoms with Gasteiger partial charge in [0.2, 0.25) is 0 Å². The maximum Gasteiger partial charge on any atom is 0.338 e. The van der Waals surface area contributed by atoms with Gasteiger partial charge in [-0.1, -0.05) is 19.8 Å². The largest absolute Gasteiger partial charge is 0.508 e. The van der Waals surface area contributed by atoms with E-state index in [2.05, 4.69) is 12.2 Å². The van der Waals surface area contributed by atoms with E-state index in [4.69, 9.17) is 9.84 Å². The van der Waals surface area contributed by atoms with E-state index in [9.17, 15) is 9.59 Å². The predicted octanol–water partition coefficient (Wildman–Crippen LogP) is 1.86. The Bertz CT molecular complexity index is 414. The van der Waals surface area contributed by atoms with E-state index in [0.29, 0.717) is 12.1 Å². The molecule has 104 valence electrons. The van der Waals surface area contributed by atoms with Crippen LogP contribution < -0.4 is 5.32 Å². The van der Waals surface area contributed by atoms with Crippen molar-refractivity contribution >= 4 is 11.9 Å². The fourth-order valence-electron chi connectivity index (χ4n) is 1.47. The Hall–Kier alpha value is -2.04. The molecule has 0 fully saturated rings. The Labute approximate surface area is 112 Å². The van der Waals surface area contributed by atoms with Gasteiger partial charge < -0.3 is 15.2 Å². The second kappa shape index (κ2) is 8.13. The van der Waals surface area contributed by atoms with Crippen molar-refractivity contribution in [1.29, 1.82) is 0 Å². The number of amides is 1. The van der Waals surface area contributed by atoms with Crippen LogP contribution in [0.2, 0.25) is 0 Å². The quantitative estimate of drug-likeness (QED) is 0.583. The number of rotatable bonds is 7. The maximum absolute atomic E-state index is 11.6. The lowest BCUT2D eigenvalue weighted by Crippen LogP contribution is -2.29. The zero-order chi connectivity index (χ0) is 14.1. The minimum atomic E-state index is -0.580. The molecule has 0 saturated carbocycles. The van der Waals surface area contributed by atoms with Gasteiger partial charge in [0.05, 0.1) is 5.56 Å². The summed E-state index contributed by atoms with van der Waals surface area (Å²) in [6.45, 7) is 2.40. The Morgan fingerprint density at radius 1 is 1.21 bits per heavy atom. The Balaban J connectivity index is 2.26. The molecule has 2 N–H and O–H groups in total. The highest BCUT2D eigenvalue weighted by molar-refractivity contribution is 5.91. The number of esters is 1. The second-order valence-electron chi connectivity index (χ2n) is 4.18. The van der Waals surface area contributed by atoms with Crippen LogP contribution in [0, 0.1) is 0 Å². The molecule has 0 atom stereocenters. The van der Waals surface area contributed by atoms with Crippen LogP contribution in [0.4, 0.5) is 0 Å². The van der Waals surface area contributed by atoms with Gasteiger partial charge in [0.1, 0.15) is 5.75 Å². The molecule has 0 radical (unpaired) electrons. The summed E-state index contributed by atoms with van der Waals surface area (Å²) in [5.41, 5.74) is 0.302. The molecular weight excluding hydrogens is 246 g/mol. The fraction of sp³-hybridized carbons (Fsp3) is 0.429. The summed E-state index contributed by atoms with van der Waals surface area (Å²) >= 11 is 0. The maximum atomic E-state index is 11.6. The van der Waals surface area contributed by atoms with Crippen molar-refractivity contribution in [2.45, 2.75) is 26.2 Å². The second-order valence-corrected chi connectivity index (χ2v) is 4.18. The molecule has 1 aromatic rings. The molecule has 5 heteroatoms. The zero-order valence-corrected chi connectivity index (χ0v) is 11.0. The number of ether oxygens (including phenoxy) is 1. The van der Waals surface area contributed by atoms with Crippen LogP contribution in [0.25, 0.3) is 0 Å². The highest BCUT2D eigenvalue weighted by atomic mass is 16.5. The minimum absolute atomic E-state index is 0.0743. The van der Waals surface area contributed by atoms with Crippen LogP contribution in [0.1, 0.15) is 36.5 Å². The number of nitrogens with one attached hydrogen (secondary N) is 1. The summed E-state index contributed by atoms with van der Waals surface area (Å²) < 4.78 is 4.85. The number of aromatic hydroxyl groups is 1. The van der Waals surface area contributed by atoms with Crippen molar-refractivity contribution in [2.75, 3.05) is 13.2 Å². The lowest BCUT2D eigenvalue weighted by molar-refractivity contribution is -0.124. The first-order valence-corrected chi connectivity index (χ1v) is 6.36. The lowest BCUT2D eigenvalue weighted by Gasteiger charge is -2.06. The molecule has 0 aromatic heterocycles. The molecule has 0 saturated heterocycles. The number of phenols is 1. The number of hydrogen-bond acceptors (Lipinski definition) is 4. The van der Waals surface area contributed by atoms with E-state index in [1.165, 1.54) is 24.3 Å². The molecule has 0 heterocycles.